The Morgan fingerprint density at radius 3 is 2.64 bits per heavy atom. The van der Waals surface area contributed by atoms with E-state index >= 15 is 0 Å². The fraction of sp³-hybridized carbons (Fsp3) is 0.850. The Balaban J connectivity index is 1.70. The van der Waals surface area contributed by atoms with Gasteiger partial charge in [-0.15, -0.1) is 0 Å². The molecule has 0 amide bonds. The second-order valence-electron chi connectivity index (χ2n) is 9.06. The van der Waals surface area contributed by atoms with Gasteiger partial charge in [-0.05, 0) is 68.1 Å². The Kier molecular flexibility index (Phi) is 3.61. The Labute approximate surface area is 148 Å². The van der Waals surface area contributed by atoms with E-state index in [1.807, 2.05) is 0 Å². The summed E-state index contributed by atoms with van der Waals surface area (Å²) in [6.45, 7) is 7.03. The van der Waals surface area contributed by atoms with Crippen molar-refractivity contribution in [2.45, 2.75) is 69.6 Å². The van der Waals surface area contributed by atoms with E-state index in [1.54, 1.807) is 5.57 Å². The van der Waals surface area contributed by atoms with Crippen molar-refractivity contribution in [3.8, 4) is 0 Å². The second-order valence-corrected chi connectivity index (χ2v) is 10.8. The maximum absolute atomic E-state index is 12.7. The van der Waals surface area contributed by atoms with E-state index in [9.17, 15) is 4.79 Å². The highest BCUT2D eigenvalue weighted by Crippen LogP contribution is 2.64. The summed E-state index contributed by atoms with van der Waals surface area (Å²) in [5.41, 5.74) is 2.21. The van der Waals surface area contributed by atoms with Gasteiger partial charge in [0.2, 0.25) is 0 Å². The maximum Gasteiger partial charge on any atom is 0.141 e. The smallest absolute Gasteiger partial charge is 0.141 e. The lowest BCUT2D eigenvalue weighted by Gasteiger charge is -2.56. The van der Waals surface area contributed by atoms with E-state index in [4.69, 9.17) is 0 Å². The van der Waals surface area contributed by atoms with Crippen LogP contribution in [-0.2, 0) is 4.79 Å². The molecule has 0 heterocycles. The Bertz CT molecular complexity index is 538. The summed E-state index contributed by atoms with van der Waals surface area (Å²) in [5, 5.41) is 0. The summed E-state index contributed by atoms with van der Waals surface area (Å²) in [5.74, 6) is 3.14. The zero-order chi connectivity index (χ0) is 15.7. The van der Waals surface area contributed by atoms with Crippen LogP contribution in [0, 0.1) is 34.5 Å². The number of allylic oxidation sites excluding steroid dienone is 2. The van der Waals surface area contributed by atoms with Gasteiger partial charge in [0, 0.05) is 15.3 Å². The summed E-state index contributed by atoms with van der Waals surface area (Å²) in [6, 6.07) is 0. The minimum absolute atomic E-state index is 0.00273. The fourth-order valence-corrected chi connectivity index (χ4v) is 7.51. The predicted octanol–water partition coefficient (Wildman–Crippen LogP) is 5.57. The largest absolute Gasteiger partial charge is 0.299 e. The van der Waals surface area contributed by atoms with Crippen LogP contribution in [0.15, 0.2) is 11.6 Å². The average Bonchev–Trinajstić information content (AvgIpc) is 2.72. The second kappa shape index (κ2) is 5.07. The molecular formula is C20H29IO. The van der Waals surface area contributed by atoms with Crippen molar-refractivity contribution in [2.24, 2.45) is 34.5 Å². The monoisotopic (exact) mass is 412 g/mol. The molecular weight excluding hydrogens is 383 g/mol. The Hall–Kier alpha value is 0.140. The quantitative estimate of drug-likeness (QED) is 0.289. The van der Waals surface area contributed by atoms with Crippen LogP contribution in [0.2, 0.25) is 0 Å². The summed E-state index contributed by atoms with van der Waals surface area (Å²) < 4.78 is 0.843. The molecule has 0 radical (unpaired) electrons. The molecule has 4 rings (SSSR count). The first-order valence-corrected chi connectivity index (χ1v) is 10.5. The molecule has 0 spiro atoms. The molecule has 1 nitrogen and oxygen atoms in total. The number of fused-ring (bicyclic) bond motifs is 5. The third kappa shape index (κ3) is 1.97. The Morgan fingerprint density at radius 2 is 1.86 bits per heavy atom. The van der Waals surface area contributed by atoms with Gasteiger partial charge < -0.3 is 0 Å². The van der Waals surface area contributed by atoms with Crippen molar-refractivity contribution in [3.63, 3.8) is 0 Å². The van der Waals surface area contributed by atoms with Gasteiger partial charge in [-0.3, -0.25) is 4.79 Å². The van der Waals surface area contributed by atoms with Crippen molar-refractivity contribution in [1.29, 1.82) is 0 Å². The van der Waals surface area contributed by atoms with Crippen LogP contribution in [0.5, 0.6) is 0 Å². The topological polar surface area (TPSA) is 17.1 Å². The summed E-state index contributed by atoms with van der Waals surface area (Å²) in [7, 11) is 0. The minimum atomic E-state index is 0.00273. The number of alkyl halides is 1. The summed E-state index contributed by atoms with van der Waals surface area (Å²) in [6.07, 6.45) is 11.5. The lowest BCUT2D eigenvalue weighted by molar-refractivity contribution is -0.133. The molecule has 0 unspecified atom stereocenters. The highest BCUT2D eigenvalue weighted by atomic mass is 127. The van der Waals surface area contributed by atoms with Crippen molar-refractivity contribution in [2.75, 3.05) is 0 Å². The molecule has 122 valence electrons. The third-order valence-electron chi connectivity index (χ3n) is 8.05. The van der Waals surface area contributed by atoms with Crippen molar-refractivity contribution in [3.05, 3.63) is 11.6 Å². The van der Waals surface area contributed by atoms with Gasteiger partial charge in [-0.2, -0.15) is 0 Å². The van der Waals surface area contributed by atoms with Crippen LogP contribution < -0.4 is 0 Å². The SMILES string of the molecule is C[C@@H]1C[C@H]2[C@@H]3CC=C4C[C@@H](I)CC[C@]4(C)[C@H]3CC[C@]2(C)C1=O. The fourth-order valence-electron chi connectivity index (χ4n) is 6.73. The molecule has 0 N–H and O–H groups in total. The number of Topliss-reactive ketones (excluding diaryl/α,β-unsaturated/α-hetero) is 1. The highest BCUT2D eigenvalue weighted by molar-refractivity contribution is 14.1. The van der Waals surface area contributed by atoms with Crippen LogP contribution in [0.25, 0.3) is 0 Å². The Morgan fingerprint density at radius 1 is 1.14 bits per heavy atom. The number of ketones is 1. The van der Waals surface area contributed by atoms with Gasteiger partial charge in [-0.25, -0.2) is 0 Å². The molecule has 2 heteroatoms. The number of carbonyl (C=O) groups excluding carboxylic acids is 1. The van der Waals surface area contributed by atoms with Gasteiger partial charge in [-0.1, -0.05) is 55.0 Å². The first-order valence-electron chi connectivity index (χ1n) is 9.24. The first-order chi connectivity index (χ1) is 10.4. The van der Waals surface area contributed by atoms with Crippen molar-refractivity contribution >= 4 is 28.4 Å². The molecule has 3 saturated carbocycles. The van der Waals surface area contributed by atoms with Crippen LogP contribution in [0.1, 0.15) is 65.7 Å². The normalized spacial score (nSPS) is 54.3. The van der Waals surface area contributed by atoms with E-state index in [-0.39, 0.29) is 5.41 Å². The van der Waals surface area contributed by atoms with Gasteiger partial charge in [0.25, 0.3) is 0 Å². The number of hydrogen-bond acceptors (Lipinski definition) is 1. The maximum atomic E-state index is 12.7. The molecule has 0 aromatic heterocycles. The van der Waals surface area contributed by atoms with Crippen molar-refractivity contribution < 1.29 is 4.79 Å². The molecule has 0 bridgehead atoms. The zero-order valence-electron chi connectivity index (χ0n) is 14.2. The van der Waals surface area contributed by atoms with E-state index < -0.39 is 0 Å². The number of halogens is 1. The van der Waals surface area contributed by atoms with Gasteiger partial charge in [0.05, 0.1) is 0 Å². The van der Waals surface area contributed by atoms with E-state index in [2.05, 4.69) is 49.4 Å². The van der Waals surface area contributed by atoms with E-state index in [1.165, 1.54) is 32.1 Å². The summed E-state index contributed by atoms with van der Waals surface area (Å²) in [4.78, 5) is 12.7. The molecule has 0 aromatic carbocycles. The van der Waals surface area contributed by atoms with Gasteiger partial charge in [0.15, 0.2) is 0 Å². The molecule has 0 aliphatic heterocycles. The van der Waals surface area contributed by atoms with Crippen molar-refractivity contribution in [1.82, 2.24) is 0 Å². The minimum Gasteiger partial charge on any atom is -0.299 e. The van der Waals surface area contributed by atoms with Crippen LogP contribution in [0.4, 0.5) is 0 Å². The summed E-state index contributed by atoms with van der Waals surface area (Å²) >= 11 is 2.65. The molecule has 4 aliphatic rings. The molecule has 22 heavy (non-hydrogen) atoms. The van der Waals surface area contributed by atoms with Gasteiger partial charge in [0.1, 0.15) is 5.78 Å². The van der Waals surface area contributed by atoms with E-state index in [0.29, 0.717) is 23.0 Å². The third-order valence-corrected chi connectivity index (χ3v) is 9.11. The average molecular weight is 412 g/mol. The van der Waals surface area contributed by atoms with Crippen LogP contribution >= 0.6 is 22.6 Å². The first kappa shape index (κ1) is 15.7. The number of rotatable bonds is 0. The standard InChI is InChI=1S/C20H29IO/c1-12-10-17-15-5-4-13-11-14(21)6-8-19(13,2)16(15)7-9-20(17,3)18(12)22/h4,12,14-17H,5-11H2,1-3H3/t12-,14+,15-,16+,17+,19+,20+/m1/s1. The van der Waals surface area contributed by atoms with Gasteiger partial charge >= 0.3 is 0 Å². The van der Waals surface area contributed by atoms with E-state index in [0.717, 1.165) is 28.6 Å². The lowest BCUT2D eigenvalue weighted by Crippen LogP contribution is -2.50. The number of hydrogen-bond donors (Lipinski definition) is 0. The van der Waals surface area contributed by atoms with Crippen LogP contribution in [-0.4, -0.2) is 9.71 Å². The molecule has 0 aromatic rings. The van der Waals surface area contributed by atoms with Crippen LogP contribution in [0.3, 0.4) is 0 Å². The predicted molar refractivity (Wildman–Crippen MR) is 99.1 cm³/mol. The zero-order valence-corrected chi connectivity index (χ0v) is 16.4. The molecule has 7 atom stereocenters. The molecule has 4 aliphatic carbocycles. The lowest BCUT2D eigenvalue weighted by atomic mass is 9.48. The number of carbonyl (C=O) groups is 1. The molecule has 0 saturated heterocycles. The molecule has 3 fully saturated rings. The highest BCUT2D eigenvalue weighted by Gasteiger charge is 2.60.